The molecular formula is C21H22N4O5S. The van der Waals surface area contributed by atoms with Crippen LogP contribution in [0.4, 0.5) is 5.69 Å². The van der Waals surface area contributed by atoms with Crippen LogP contribution in [0.1, 0.15) is 27.9 Å². The van der Waals surface area contributed by atoms with Crippen LogP contribution in [0.3, 0.4) is 0 Å². The van der Waals surface area contributed by atoms with Gasteiger partial charge in [-0.15, -0.1) is 0 Å². The third-order valence-electron chi connectivity index (χ3n) is 4.10. The van der Waals surface area contributed by atoms with E-state index in [4.69, 9.17) is 17.3 Å². The lowest BCUT2D eigenvalue weighted by molar-refractivity contribution is -0.385. The van der Waals surface area contributed by atoms with Crippen molar-refractivity contribution in [2.75, 3.05) is 13.1 Å². The minimum absolute atomic E-state index is 0.0261. The van der Waals surface area contributed by atoms with E-state index in [0.29, 0.717) is 5.56 Å². The summed E-state index contributed by atoms with van der Waals surface area (Å²) in [6.45, 7) is 0.723. The van der Waals surface area contributed by atoms with Crippen LogP contribution >= 0.6 is 12.2 Å². The van der Waals surface area contributed by atoms with Gasteiger partial charge in [0, 0.05) is 25.7 Å². The summed E-state index contributed by atoms with van der Waals surface area (Å²) in [6.07, 6.45) is 3.20. The highest BCUT2D eigenvalue weighted by Gasteiger charge is 2.22. The minimum Gasteiger partial charge on any atom is -0.481 e. The summed E-state index contributed by atoms with van der Waals surface area (Å²) in [6, 6.07) is 13.6. The van der Waals surface area contributed by atoms with E-state index >= 15 is 0 Å². The van der Waals surface area contributed by atoms with E-state index in [-0.39, 0.29) is 42.4 Å². The van der Waals surface area contributed by atoms with Crippen molar-refractivity contribution >= 4 is 41.0 Å². The first-order valence-corrected chi connectivity index (χ1v) is 9.79. The van der Waals surface area contributed by atoms with Crippen LogP contribution in [0.25, 0.3) is 6.08 Å². The molecule has 0 spiro atoms. The van der Waals surface area contributed by atoms with Crippen LogP contribution in [0.15, 0.2) is 54.6 Å². The van der Waals surface area contributed by atoms with Crippen LogP contribution in [0, 0.1) is 10.1 Å². The third-order valence-corrected chi connectivity index (χ3v) is 4.39. The highest BCUT2D eigenvalue weighted by atomic mass is 32.1. The number of nitro groups is 1. The van der Waals surface area contributed by atoms with Crippen molar-refractivity contribution in [3.8, 4) is 0 Å². The predicted molar refractivity (Wildman–Crippen MR) is 121 cm³/mol. The van der Waals surface area contributed by atoms with E-state index in [2.05, 4.69) is 16.0 Å². The SMILES string of the molecule is O=C(O)CCNC(=S)NC/C=C/c1cccc([N+](=O)[O-])c1C(=O)NCc1ccccc1. The van der Waals surface area contributed by atoms with Crippen molar-refractivity contribution in [3.63, 3.8) is 0 Å². The smallest absolute Gasteiger partial charge is 0.305 e. The summed E-state index contributed by atoms with van der Waals surface area (Å²) < 4.78 is 0. The van der Waals surface area contributed by atoms with E-state index in [1.54, 1.807) is 18.2 Å². The van der Waals surface area contributed by atoms with Crippen molar-refractivity contribution in [1.29, 1.82) is 0 Å². The molecule has 1 amide bonds. The topological polar surface area (TPSA) is 134 Å². The molecule has 10 heteroatoms. The molecule has 0 unspecified atom stereocenters. The predicted octanol–water partition coefficient (Wildman–Crippen LogP) is 2.48. The van der Waals surface area contributed by atoms with E-state index in [9.17, 15) is 19.7 Å². The molecule has 0 fully saturated rings. The molecule has 0 saturated heterocycles. The maximum Gasteiger partial charge on any atom is 0.305 e. The number of carboxylic acid groups (broad SMARTS) is 1. The second-order valence-corrected chi connectivity index (χ2v) is 6.76. The number of benzene rings is 2. The number of hydrogen-bond acceptors (Lipinski definition) is 5. The molecule has 0 saturated carbocycles. The quantitative estimate of drug-likeness (QED) is 0.251. The van der Waals surface area contributed by atoms with Crippen molar-refractivity contribution in [2.24, 2.45) is 0 Å². The summed E-state index contributed by atoms with van der Waals surface area (Å²) >= 11 is 5.04. The monoisotopic (exact) mass is 442 g/mol. The molecular weight excluding hydrogens is 420 g/mol. The molecule has 31 heavy (non-hydrogen) atoms. The molecule has 9 nitrogen and oxygen atoms in total. The fraction of sp³-hybridized carbons (Fsp3) is 0.190. The van der Waals surface area contributed by atoms with E-state index in [1.807, 2.05) is 30.3 Å². The van der Waals surface area contributed by atoms with Crippen LogP contribution in [-0.2, 0) is 11.3 Å². The zero-order valence-electron chi connectivity index (χ0n) is 16.5. The Kier molecular flexibility index (Phi) is 9.12. The van der Waals surface area contributed by atoms with Gasteiger partial charge in [0.05, 0.1) is 11.3 Å². The Morgan fingerprint density at radius 1 is 1.06 bits per heavy atom. The molecule has 0 aliphatic rings. The van der Waals surface area contributed by atoms with Crippen molar-refractivity contribution in [2.45, 2.75) is 13.0 Å². The number of thiocarbonyl (C=S) groups is 1. The molecule has 2 aromatic rings. The lowest BCUT2D eigenvalue weighted by Gasteiger charge is -2.09. The largest absolute Gasteiger partial charge is 0.481 e. The van der Waals surface area contributed by atoms with Crippen molar-refractivity contribution in [1.82, 2.24) is 16.0 Å². The maximum absolute atomic E-state index is 12.7. The van der Waals surface area contributed by atoms with Gasteiger partial charge in [-0.2, -0.15) is 0 Å². The number of carboxylic acids is 1. The van der Waals surface area contributed by atoms with Crippen LogP contribution in [-0.4, -0.2) is 40.1 Å². The van der Waals surface area contributed by atoms with E-state index in [0.717, 1.165) is 5.56 Å². The molecule has 0 heterocycles. The number of nitrogens with one attached hydrogen (secondary N) is 3. The van der Waals surface area contributed by atoms with Gasteiger partial charge in [0.2, 0.25) is 0 Å². The molecule has 0 aromatic heterocycles. The average molecular weight is 442 g/mol. The summed E-state index contributed by atoms with van der Waals surface area (Å²) in [5, 5.41) is 28.7. The third kappa shape index (κ3) is 7.86. The molecule has 162 valence electrons. The lowest BCUT2D eigenvalue weighted by Crippen LogP contribution is -2.36. The molecule has 0 bridgehead atoms. The van der Waals surface area contributed by atoms with Crippen LogP contribution in [0.5, 0.6) is 0 Å². The zero-order valence-corrected chi connectivity index (χ0v) is 17.4. The van der Waals surface area contributed by atoms with Crippen LogP contribution in [0.2, 0.25) is 0 Å². The fourth-order valence-corrected chi connectivity index (χ4v) is 2.83. The molecule has 0 radical (unpaired) electrons. The molecule has 4 N–H and O–H groups in total. The summed E-state index contributed by atoms with van der Waals surface area (Å²) in [5.41, 5.74) is 0.958. The summed E-state index contributed by atoms with van der Waals surface area (Å²) in [4.78, 5) is 34.1. The zero-order chi connectivity index (χ0) is 22.6. The first-order chi connectivity index (χ1) is 14.9. The van der Waals surface area contributed by atoms with Gasteiger partial charge in [-0.05, 0) is 23.3 Å². The van der Waals surface area contributed by atoms with Gasteiger partial charge in [-0.3, -0.25) is 19.7 Å². The van der Waals surface area contributed by atoms with Gasteiger partial charge < -0.3 is 21.1 Å². The normalized spacial score (nSPS) is 10.5. The Balaban J connectivity index is 2.05. The van der Waals surface area contributed by atoms with Gasteiger partial charge in [0.25, 0.3) is 11.6 Å². The first kappa shape index (κ1) is 23.5. The molecule has 0 atom stereocenters. The van der Waals surface area contributed by atoms with E-state index in [1.165, 1.54) is 12.1 Å². The standard InChI is InChI=1S/C21H22N4O5S/c26-18(27)11-13-23-21(31)22-12-5-9-16-8-4-10-17(25(29)30)19(16)20(28)24-14-15-6-2-1-3-7-15/h1-10H,11-14H2,(H,24,28)(H,26,27)(H2,22,23,31)/b9-5+. The second-order valence-electron chi connectivity index (χ2n) is 6.35. The molecule has 0 aliphatic carbocycles. The maximum atomic E-state index is 12.7. The fourth-order valence-electron chi connectivity index (χ4n) is 2.65. The lowest BCUT2D eigenvalue weighted by atomic mass is 10.0. The van der Waals surface area contributed by atoms with Gasteiger partial charge in [0.1, 0.15) is 5.56 Å². The first-order valence-electron chi connectivity index (χ1n) is 9.38. The number of carbonyl (C=O) groups is 2. The van der Waals surface area contributed by atoms with Gasteiger partial charge in [-0.25, -0.2) is 0 Å². The number of nitrogens with zero attached hydrogens (tertiary/aromatic N) is 1. The highest BCUT2D eigenvalue weighted by molar-refractivity contribution is 7.80. The van der Waals surface area contributed by atoms with Gasteiger partial charge >= 0.3 is 5.97 Å². The van der Waals surface area contributed by atoms with Gasteiger partial charge in [0.15, 0.2) is 5.11 Å². The Hall–Kier alpha value is -3.79. The summed E-state index contributed by atoms with van der Waals surface area (Å²) in [7, 11) is 0. The van der Waals surface area contributed by atoms with Gasteiger partial charge in [-0.1, -0.05) is 54.6 Å². The Morgan fingerprint density at radius 2 is 1.81 bits per heavy atom. The molecule has 2 aromatic carbocycles. The van der Waals surface area contributed by atoms with Crippen molar-refractivity contribution in [3.05, 3.63) is 81.4 Å². The van der Waals surface area contributed by atoms with Crippen LogP contribution < -0.4 is 16.0 Å². The second kappa shape index (κ2) is 12.0. The number of rotatable bonds is 10. The highest BCUT2D eigenvalue weighted by Crippen LogP contribution is 2.23. The number of amides is 1. The number of hydrogen-bond donors (Lipinski definition) is 4. The average Bonchev–Trinajstić information content (AvgIpc) is 2.75. The molecule has 2 rings (SSSR count). The Morgan fingerprint density at radius 3 is 2.48 bits per heavy atom. The minimum atomic E-state index is -0.932. The molecule has 0 aliphatic heterocycles. The van der Waals surface area contributed by atoms with E-state index < -0.39 is 16.8 Å². The number of nitro benzene ring substituents is 1. The summed E-state index contributed by atoms with van der Waals surface area (Å²) in [5.74, 6) is -1.48. The Labute approximate surface area is 184 Å². The number of carbonyl (C=O) groups excluding carboxylic acids is 1. The number of aliphatic carboxylic acids is 1. The Bertz CT molecular complexity index is 979. The van der Waals surface area contributed by atoms with Crippen molar-refractivity contribution < 1.29 is 19.6 Å².